The second-order valence-corrected chi connectivity index (χ2v) is 6.50. The molecule has 0 radical (unpaired) electrons. The molecule has 0 aliphatic heterocycles. The van der Waals surface area contributed by atoms with Gasteiger partial charge in [0.25, 0.3) is 0 Å². The first kappa shape index (κ1) is 18.7. The second-order valence-electron chi connectivity index (χ2n) is 6.50. The molecule has 5 nitrogen and oxygen atoms in total. The molecule has 0 atom stereocenters. The predicted molar refractivity (Wildman–Crippen MR) is 107 cm³/mol. The molecule has 0 aliphatic carbocycles. The molecule has 27 heavy (non-hydrogen) atoms. The summed E-state index contributed by atoms with van der Waals surface area (Å²) in [7, 11) is 0. The Labute approximate surface area is 158 Å². The molecule has 2 aromatic carbocycles. The highest BCUT2D eigenvalue weighted by Gasteiger charge is 2.19. The molecule has 0 saturated heterocycles. The highest BCUT2D eigenvalue weighted by atomic mass is 16.5. The molecular formula is C22H24N2O3. The fourth-order valence-corrected chi connectivity index (χ4v) is 3.13. The van der Waals surface area contributed by atoms with Gasteiger partial charge in [-0.15, -0.1) is 0 Å². The summed E-state index contributed by atoms with van der Waals surface area (Å²) in [6.07, 6.45) is 2.08. The Morgan fingerprint density at radius 1 is 1.07 bits per heavy atom. The average molecular weight is 364 g/mol. The summed E-state index contributed by atoms with van der Waals surface area (Å²) < 4.78 is 5.32. The number of anilines is 1. The lowest BCUT2D eigenvalue weighted by atomic mass is 10.1. The van der Waals surface area contributed by atoms with Crippen LogP contribution in [0.15, 0.2) is 48.5 Å². The summed E-state index contributed by atoms with van der Waals surface area (Å²) in [6.45, 7) is 4.46. The number of fused-ring (bicyclic) bond motifs is 1. The summed E-state index contributed by atoms with van der Waals surface area (Å²) in [5.41, 5.74) is 3.42. The van der Waals surface area contributed by atoms with Gasteiger partial charge in [-0.05, 0) is 31.5 Å². The molecule has 0 unspecified atom stereocenters. The van der Waals surface area contributed by atoms with Crippen LogP contribution in [0.5, 0.6) is 0 Å². The maximum atomic E-state index is 12.7. The van der Waals surface area contributed by atoms with E-state index in [1.165, 1.54) is 0 Å². The number of H-pyrrole nitrogens is 1. The number of esters is 1. The van der Waals surface area contributed by atoms with Gasteiger partial charge in [0.05, 0.1) is 5.56 Å². The molecule has 2 N–H and O–H groups in total. The zero-order chi connectivity index (χ0) is 19.2. The third-order valence-electron chi connectivity index (χ3n) is 4.50. The molecule has 0 amide bonds. The number of carbonyl (C=O) groups excluding carboxylic acids is 2. The van der Waals surface area contributed by atoms with E-state index in [0.29, 0.717) is 11.1 Å². The molecule has 0 bridgehead atoms. The average Bonchev–Trinajstić information content (AvgIpc) is 3.02. The molecule has 0 saturated carbocycles. The standard InChI is InChI=1S/C22H24N2O3/c1-3-4-13-23-18-11-7-6-10-17(18)22(26)27-14-20(25)21-15(2)24-19-12-8-5-9-16(19)21/h5-12,23-24H,3-4,13-14H2,1-2H3. The predicted octanol–water partition coefficient (Wildman–Crippen LogP) is 4.73. The lowest BCUT2D eigenvalue weighted by Gasteiger charge is -2.11. The summed E-state index contributed by atoms with van der Waals surface area (Å²) in [4.78, 5) is 28.4. The van der Waals surface area contributed by atoms with E-state index in [1.807, 2.05) is 43.3 Å². The van der Waals surface area contributed by atoms with Gasteiger partial charge in [0.2, 0.25) is 5.78 Å². The van der Waals surface area contributed by atoms with Crippen molar-refractivity contribution in [1.82, 2.24) is 4.98 Å². The van der Waals surface area contributed by atoms with E-state index in [1.54, 1.807) is 12.1 Å². The molecule has 0 aliphatic rings. The maximum absolute atomic E-state index is 12.7. The van der Waals surface area contributed by atoms with Gasteiger partial charge in [-0.2, -0.15) is 0 Å². The Kier molecular flexibility index (Phi) is 5.91. The van der Waals surface area contributed by atoms with Gasteiger partial charge in [-0.1, -0.05) is 43.7 Å². The number of hydrogen-bond donors (Lipinski definition) is 2. The van der Waals surface area contributed by atoms with Crippen LogP contribution in [-0.4, -0.2) is 29.9 Å². The number of unbranched alkanes of at least 4 members (excludes halogenated alkanes) is 1. The van der Waals surface area contributed by atoms with E-state index in [4.69, 9.17) is 4.74 Å². The number of para-hydroxylation sites is 2. The third-order valence-corrected chi connectivity index (χ3v) is 4.50. The number of rotatable bonds is 8. The first-order valence-electron chi connectivity index (χ1n) is 9.22. The highest BCUT2D eigenvalue weighted by Crippen LogP contribution is 2.23. The molecule has 140 valence electrons. The number of carbonyl (C=O) groups is 2. The number of aryl methyl sites for hydroxylation is 1. The van der Waals surface area contributed by atoms with Crippen LogP contribution in [0.25, 0.3) is 10.9 Å². The van der Waals surface area contributed by atoms with Crippen molar-refractivity contribution >= 4 is 28.3 Å². The van der Waals surface area contributed by atoms with Crippen LogP contribution in [0.4, 0.5) is 5.69 Å². The lowest BCUT2D eigenvalue weighted by Crippen LogP contribution is -2.16. The van der Waals surface area contributed by atoms with Gasteiger partial charge in [0.15, 0.2) is 6.61 Å². The van der Waals surface area contributed by atoms with Crippen LogP contribution in [0, 0.1) is 6.92 Å². The number of ether oxygens (including phenoxy) is 1. The zero-order valence-corrected chi connectivity index (χ0v) is 15.7. The lowest BCUT2D eigenvalue weighted by molar-refractivity contribution is 0.0476. The summed E-state index contributed by atoms with van der Waals surface area (Å²) in [6, 6.07) is 14.8. The van der Waals surface area contributed by atoms with Crippen LogP contribution in [0.3, 0.4) is 0 Å². The van der Waals surface area contributed by atoms with E-state index in [9.17, 15) is 9.59 Å². The minimum absolute atomic E-state index is 0.213. The minimum Gasteiger partial charge on any atom is -0.454 e. The van der Waals surface area contributed by atoms with Crippen molar-refractivity contribution in [3.8, 4) is 0 Å². The molecule has 3 rings (SSSR count). The fraction of sp³-hybridized carbons (Fsp3) is 0.273. The van der Waals surface area contributed by atoms with Crippen molar-refractivity contribution < 1.29 is 14.3 Å². The Balaban J connectivity index is 1.70. The fourth-order valence-electron chi connectivity index (χ4n) is 3.13. The minimum atomic E-state index is -0.500. The monoisotopic (exact) mass is 364 g/mol. The van der Waals surface area contributed by atoms with E-state index in [2.05, 4.69) is 17.2 Å². The smallest absolute Gasteiger partial charge is 0.340 e. The molecular weight excluding hydrogens is 340 g/mol. The summed E-state index contributed by atoms with van der Waals surface area (Å²) in [5.74, 6) is -0.713. The van der Waals surface area contributed by atoms with Crippen LogP contribution < -0.4 is 5.32 Å². The maximum Gasteiger partial charge on any atom is 0.340 e. The van der Waals surface area contributed by atoms with Gasteiger partial charge >= 0.3 is 5.97 Å². The Hall–Kier alpha value is -3.08. The van der Waals surface area contributed by atoms with Crippen molar-refractivity contribution in [2.24, 2.45) is 0 Å². The third kappa shape index (κ3) is 4.19. The summed E-state index contributed by atoms with van der Waals surface area (Å²) in [5, 5.41) is 4.10. The highest BCUT2D eigenvalue weighted by molar-refractivity contribution is 6.10. The number of nitrogens with one attached hydrogen (secondary N) is 2. The van der Waals surface area contributed by atoms with Crippen molar-refractivity contribution in [1.29, 1.82) is 0 Å². The Bertz CT molecular complexity index is 959. The molecule has 1 aromatic heterocycles. The van der Waals surface area contributed by atoms with E-state index in [0.717, 1.165) is 41.7 Å². The van der Waals surface area contributed by atoms with Crippen molar-refractivity contribution in [2.45, 2.75) is 26.7 Å². The van der Waals surface area contributed by atoms with Gasteiger partial charge in [0.1, 0.15) is 0 Å². The van der Waals surface area contributed by atoms with Gasteiger partial charge in [-0.3, -0.25) is 4.79 Å². The van der Waals surface area contributed by atoms with Crippen molar-refractivity contribution in [2.75, 3.05) is 18.5 Å². The molecule has 1 heterocycles. The topological polar surface area (TPSA) is 71.2 Å². The zero-order valence-electron chi connectivity index (χ0n) is 15.7. The first-order valence-corrected chi connectivity index (χ1v) is 9.22. The van der Waals surface area contributed by atoms with E-state index >= 15 is 0 Å². The molecule has 0 fully saturated rings. The van der Waals surface area contributed by atoms with Crippen LogP contribution in [-0.2, 0) is 4.74 Å². The van der Waals surface area contributed by atoms with E-state index in [-0.39, 0.29) is 12.4 Å². The largest absolute Gasteiger partial charge is 0.454 e. The van der Waals surface area contributed by atoms with E-state index < -0.39 is 5.97 Å². The normalized spacial score (nSPS) is 10.7. The molecule has 3 aromatic rings. The Morgan fingerprint density at radius 2 is 1.81 bits per heavy atom. The van der Waals surface area contributed by atoms with Gasteiger partial charge < -0.3 is 15.0 Å². The van der Waals surface area contributed by atoms with Crippen LogP contribution >= 0.6 is 0 Å². The van der Waals surface area contributed by atoms with Gasteiger partial charge in [-0.25, -0.2) is 4.79 Å². The Morgan fingerprint density at radius 3 is 2.63 bits per heavy atom. The quantitative estimate of drug-likeness (QED) is 0.344. The van der Waals surface area contributed by atoms with Crippen molar-refractivity contribution in [3.63, 3.8) is 0 Å². The number of aromatic nitrogens is 1. The number of benzene rings is 2. The van der Waals surface area contributed by atoms with Crippen LogP contribution in [0.1, 0.15) is 46.2 Å². The van der Waals surface area contributed by atoms with Crippen molar-refractivity contribution in [3.05, 3.63) is 65.4 Å². The number of ketones is 1. The molecule has 0 spiro atoms. The number of Topliss-reactive ketones (excluding diaryl/α,β-unsaturated/α-hetero) is 1. The summed E-state index contributed by atoms with van der Waals surface area (Å²) >= 11 is 0. The number of aromatic amines is 1. The second kappa shape index (κ2) is 8.54. The number of hydrogen-bond acceptors (Lipinski definition) is 4. The molecule has 5 heteroatoms. The van der Waals surface area contributed by atoms with Crippen LogP contribution in [0.2, 0.25) is 0 Å². The SMILES string of the molecule is CCCCNc1ccccc1C(=O)OCC(=O)c1c(C)[nH]c2ccccc12. The first-order chi connectivity index (χ1) is 13.1. The van der Waals surface area contributed by atoms with Gasteiger partial charge in [0, 0.05) is 34.4 Å².